The van der Waals surface area contributed by atoms with Crippen molar-refractivity contribution in [3.05, 3.63) is 47.6 Å². The van der Waals surface area contributed by atoms with Gasteiger partial charge in [-0.2, -0.15) is 0 Å². The van der Waals surface area contributed by atoms with Gasteiger partial charge in [0.15, 0.2) is 0 Å². The molecule has 2 N–H and O–H groups in total. The Hall–Kier alpha value is -2.27. The lowest BCUT2D eigenvalue weighted by molar-refractivity contribution is 0.262. The number of pyridine rings is 1. The minimum atomic E-state index is -0.389. The summed E-state index contributed by atoms with van der Waals surface area (Å²) in [5, 5.41) is 5.68. The standard InChI is InChI=1S/C13H12ClN3O2/c1-19-11-6-5-9(8-10(11)14)16-13(18)17-12-4-2-3-7-15-12/h2-8H,1H3,(H2,15,16,17,18). The Morgan fingerprint density at radius 3 is 2.74 bits per heavy atom. The highest BCUT2D eigenvalue weighted by Gasteiger charge is 2.06. The van der Waals surface area contributed by atoms with Crippen LogP contribution in [0.5, 0.6) is 5.75 Å². The van der Waals surface area contributed by atoms with E-state index >= 15 is 0 Å². The molecule has 0 saturated heterocycles. The van der Waals surface area contributed by atoms with Crippen LogP contribution in [-0.2, 0) is 0 Å². The van der Waals surface area contributed by atoms with Crippen LogP contribution in [0.15, 0.2) is 42.6 Å². The number of hydrogen-bond acceptors (Lipinski definition) is 3. The Balaban J connectivity index is 2.01. The van der Waals surface area contributed by atoms with E-state index in [2.05, 4.69) is 15.6 Å². The molecule has 0 bridgehead atoms. The summed E-state index contributed by atoms with van der Waals surface area (Å²) < 4.78 is 5.03. The van der Waals surface area contributed by atoms with Crippen molar-refractivity contribution in [2.75, 3.05) is 17.7 Å². The fourth-order valence-corrected chi connectivity index (χ4v) is 1.72. The van der Waals surface area contributed by atoms with E-state index in [0.717, 1.165) is 0 Å². The van der Waals surface area contributed by atoms with E-state index in [0.29, 0.717) is 22.3 Å². The van der Waals surface area contributed by atoms with Crippen LogP contribution in [-0.4, -0.2) is 18.1 Å². The van der Waals surface area contributed by atoms with Crippen molar-refractivity contribution < 1.29 is 9.53 Å². The van der Waals surface area contributed by atoms with Crippen LogP contribution in [0.2, 0.25) is 5.02 Å². The first-order valence-electron chi connectivity index (χ1n) is 5.51. The highest BCUT2D eigenvalue weighted by molar-refractivity contribution is 6.32. The predicted molar refractivity (Wildman–Crippen MR) is 74.9 cm³/mol. The minimum absolute atomic E-state index is 0.389. The van der Waals surface area contributed by atoms with E-state index < -0.39 is 0 Å². The Morgan fingerprint density at radius 1 is 1.26 bits per heavy atom. The van der Waals surface area contributed by atoms with Crippen LogP contribution in [0.4, 0.5) is 16.3 Å². The van der Waals surface area contributed by atoms with Crippen molar-refractivity contribution in [3.63, 3.8) is 0 Å². The fraction of sp³-hybridized carbons (Fsp3) is 0.0769. The lowest BCUT2D eigenvalue weighted by Gasteiger charge is -2.08. The number of benzene rings is 1. The molecule has 0 spiro atoms. The van der Waals surface area contributed by atoms with Gasteiger partial charge in [0.2, 0.25) is 0 Å². The maximum atomic E-state index is 11.7. The molecule has 1 aromatic carbocycles. The molecule has 0 saturated carbocycles. The summed E-state index contributed by atoms with van der Waals surface area (Å²) in [7, 11) is 1.53. The molecule has 0 unspecified atom stereocenters. The molecule has 0 aliphatic heterocycles. The molecule has 2 rings (SSSR count). The second-order valence-corrected chi connectivity index (χ2v) is 4.05. The number of hydrogen-bond donors (Lipinski definition) is 2. The van der Waals surface area contributed by atoms with Crippen molar-refractivity contribution in [1.82, 2.24) is 4.98 Å². The molecule has 98 valence electrons. The number of aromatic nitrogens is 1. The zero-order valence-electron chi connectivity index (χ0n) is 10.2. The number of rotatable bonds is 3. The maximum Gasteiger partial charge on any atom is 0.324 e. The molecule has 0 aliphatic carbocycles. The van der Waals surface area contributed by atoms with Crippen molar-refractivity contribution in [1.29, 1.82) is 0 Å². The van der Waals surface area contributed by atoms with Gasteiger partial charge in [-0.05, 0) is 30.3 Å². The van der Waals surface area contributed by atoms with Crippen molar-refractivity contribution in [2.45, 2.75) is 0 Å². The third-order valence-corrected chi connectivity index (χ3v) is 2.61. The first kappa shape index (κ1) is 13.2. The number of carbonyl (C=O) groups excluding carboxylic acids is 1. The molecule has 0 aliphatic rings. The zero-order valence-corrected chi connectivity index (χ0v) is 10.9. The van der Waals surface area contributed by atoms with Crippen LogP contribution in [0.1, 0.15) is 0 Å². The Bertz CT molecular complexity index is 575. The average Bonchev–Trinajstić information content (AvgIpc) is 2.40. The monoisotopic (exact) mass is 277 g/mol. The molecule has 2 aromatic rings. The number of carbonyl (C=O) groups is 1. The van der Waals surface area contributed by atoms with E-state index in [1.54, 1.807) is 42.6 Å². The number of anilines is 2. The quantitative estimate of drug-likeness (QED) is 0.904. The molecular formula is C13H12ClN3O2. The number of ether oxygens (including phenoxy) is 1. The van der Waals surface area contributed by atoms with E-state index in [4.69, 9.17) is 16.3 Å². The molecule has 2 amide bonds. The first-order valence-corrected chi connectivity index (χ1v) is 5.89. The van der Waals surface area contributed by atoms with Crippen molar-refractivity contribution in [2.24, 2.45) is 0 Å². The summed E-state index contributed by atoms with van der Waals surface area (Å²) in [6, 6.07) is 9.85. The number of methoxy groups -OCH3 is 1. The van der Waals surface area contributed by atoms with Gasteiger partial charge in [0.05, 0.1) is 12.1 Å². The summed E-state index contributed by atoms with van der Waals surface area (Å²) in [4.78, 5) is 15.7. The van der Waals surface area contributed by atoms with Gasteiger partial charge in [0.25, 0.3) is 0 Å². The molecule has 0 atom stereocenters. The zero-order chi connectivity index (χ0) is 13.7. The average molecular weight is 278 g/mol. The van der Waals surface area contributed by atoms with E-state index in [9.17, 15) is 4.79 Å². The molecule has 19 heavy (non-hydrogen) atoms. The lowest BCUT2D eigenvalue weighted by atomic mass is 10.3. The number of amides is 2. The van der Waals surface area contributed by atoms with E-state index in [1.807, 2.05) is 0 Å². The van der Waals surface area contributed by atoms with Crippen molar-refractivity contribution >= 4 is 29.1 Å². The third kappa shape index (κ3) is 3.59. The predicted octanol–water partition coefficient (Wildman–Crippen LogP) is 3.39. The molecule has 0 fully saturated rings. The van der Waals surface area contributed by atoms with Crippen LogP contribution in [0.25, 0.3) is 0 Å². The fourth-order valence-electron chi connectivity index (χ4n) is 1.46. The second-order valence-electron chi connectivity index (χ2n) is 3.64. The number of halogens is 1. The van der Waals surface area contributed by atoms with Crippen LogP contribution in [0, 0.1) is 0 Å². The van der Waals surface area contributed by atoms with Crippen LogP contribution < -0.4 is 15.4 Å². The number of nitrogens with one attached hydrogen (secondary N) is 2. The van der Waals surface area contributed by atoms with Crippen molar-refractivity contribution in [3.8, 4) is 5.75 Å². The minimum Gasteiger partial charge on any atom is -0.495 e. The number of urea groups is 1. The highest BCUT2D eigenvalue weighted by atomic mass is 35.5. The molecule has 6 heteroatoms. The smallest absolute Gasteiger partial charge is 0.324 e. The molecular weight excluding hydrogens is 266 g/mol. The summed E-state index contributed by atoms with van der Waals surface area (Å²) in [6.07, 6.45) is 1.60. The summed E-state index contributed by atoms with van der Waals surface area (Å²) in [5.41, 5.74) is 0.569. The Kier molecular flexibility index (Phi) is 4.20. The van der Waals surface area contributed by atoms with Crippen LogP contribution >= 0.6 is 11.6 Å². The van der Waals surface area contributed by atoms with Gasteiger partial charge in [-0.25, -0.2) is 9.78 Å². The SMILES string of the molecule is COc1ccc(NC(=O)Nc2ccccn2)cc1Cl. The molecule has 1 aromatic heterocycles. The van der Waals surface area contributed by atoms with E-state index in [-0.39, 0.29) is 6.03 Å². The Labute approximate surface area is 115 Å². The summed E-state index contributed by atoms with van der Waals surface area (Å²) in [6.45, 7) is 0. The largest absolute Gasteiger partial charge is 0.495 e. The highest BCUT2D eigenvalue weighted by Crippen LogP contribution is 2.27. The first-order chi connectivity index (χ1) is 9.19. The molecule has 0 radical (unpaired) electrons. The topological polar surface area (TPSA) is 63.2 Å². The van der Waals surface area contributed by atoms with Gasteiger partial charge in [-0.1, -0.05) is 17.7 Å². The van der Waals surface area contributed by atoms with Gasteiger partial charge in [-0.3, -0.25) is 5.32 Å². The van der Waals surface area contributed by atoms with Gasteiger partial charge < -0.3 is 10.1 Å². The summed E-state index contributed by atoms with van der Waals surface area (Å²) >= 11 is 5.96. The van der Waals surface area contributed by atoms with Gasteiger partial charge in [0, 0.05) is 11.9 Å². The Morgan fingerprint density at radius 2 is 2.11 bits per heavy atom. The number of nitrogens with zero attached hydrogens (tertiary/aromatic N) is 1. The molecule has 1 heterocycles. The normalized spacial score (nSPS) is 9.79. The van der Waals surface area contributed by atoms with Gasteiger partial charge in [-0.15, -0.1) is 0 Å². The summed E-state index contributed by atoms with van der Waals surface area (Å²) in [5.74, 6) is 1.02. The van der Waals surface area contributed by atoms with Crippen LogP contribution in [0.3, 0.4) is 0 Å². The van der Waals surface area contributed by atoms with Gasteiger partial charge >= 0.3 is 6.03 Å². The second kappa shape index (κ2) is 6.06. The maximum absolute atomic E-state index is 11.7. The van der Waals surface area contributed by atoms with Gasteiger partial charge in [0.1, 0.15) is 11.6 Å². The van der Waals surface area contributed by atoms with E-state index in [1.165, 1.54) is 7.11 Å². The third-order valence-electron chi connectivity index (χ3n) is 2.32. The molecule has 5 nitrogen and oxygen atoms in total. The lowest BCUT2D eigenvalue weighted by Crippen LogP contribution is -2.19.